The molecule has 1 atom stereocenters. The molecule has 202 valence electrons. The summed E-state index contributed by atoms with van der Waals surface area (Å²) in [7, 11) is 0. The first kappa shape index (κ1) is 30.3. The van der Waals surface area contributed by atoms with Gasteiger partial charge < -0.3 is 15.0 Å². The number of benzene rings is 1. The highest BCUT2D eigenvalue weighted by atomic mass is 35.5. The zero-order valence-corrected chi connectivity index (χ0v) is 23.5. The molecule has 1 aliphatic heterocycles. The summed E-state index contributed by atoms with van der Waals surface area (Å²) in [6, 6.07) is 5.87. The van der Waals surface area contributed by atoms with Crippen molar-refractivity contribution in [3.63, 3.8) is 0 Å². The molecule has 0 aromatic heterocycles. The van der Waals surface area contributed by atoms with Crippen molar-refractivity contribution in [3.8, 4) is 5.75 Å². The molecule has 0 radical (unpaired) electrons. The molecule has 1 amide bonds. The van der Waals surface area contributed by atoms with Crippen molar-refractivity contribution in [1.82, 2.24) is 10.2 Å². The van der Waals surface area contributed by atoms with E-state index in [1.807, 2.05) is 30.4 Å². The van der Waals surface area contributed by atoms with Crippen LogP contribution < -0.4 is 10.1 Å². The van der Waals surface area contributed by atoms with Gasteiger partial charge in [0.25, 0.3) is 0 Å². The summed E-state index contributed by atoms with van der Waals surface area (Å²) in [5, 5.41) is 3.64. The van der Waals surface area contributed by atoms with Gasteiger partial charge >= 0.3 is 0 Å². The number of nitrogens with zero attached hydrogens (tertiary/aromatic N) is 1. The molecular weight excluding hydrogens is 468 g/mol. The summed E-state index contributed by atoms with van der Waals surface area (Å²) in [5.74, 6) is 0.767. The zero-order valence-electron chi connectivity index (χ0n) is 22.8. The van der Waals surface area contributed by atoms with E-state index in [1.54, 1.807) is 0 Å². The Balaban J connectivity index is 1.55. The van der Waals surface area contributed by atoms with Crippen molar-refractivity contribution in [2.45, 2.75) is 110 Å². The predicted octanol–water partition coefficient (Wildman–Crippen LogP) is 8.24. The Morgan fingerprint density at radius 2 is 1.58 bits per heavy atom. The van der Waals surface area contributed by atoms with Crippen LogP contribution in [0, 0.1) is 0 Å². The van der Waals surface area contributed by atoms with Gasteiger partial charge in [-0.3, -0.25) is 4.79 Å². The lowest BCUT2D eigenvalue weighted by Crippen LogP contribution is -2.41. The molecule has 1 unspecified atom stereocenters. The van der Waals surface area contributed by atoms with E-state index < -0.39 is 0 Å². The minimum absolute atomic E-state index is 0.0125. The molecule has 1 aromatic carbocycles. The van der Waals surface area contributed by atoms with Gasteiger partial charge in [0.2, 0.25) is 5.91 Å². The first-order valence-electron chi connectivity index (χ1n) is 14.4. The topological polar surface area (TPSA) is 41.6 Å². The third kappa shape index (κ3) is 12.9. The van der Waals surface area contributed by atoms with Crippen LogP contribution in [0.3, 0.4) is 0 Å². The molecule has 0 saturated heterocycles. The summed E-state index contributed by atoms with van der Waals surface area (Å²) >= 11 is 6.46. The SMILES string of the molecule is CCCCCCCCCCCCCCOc1ccc(CC(=O)NCC2C=CC=CN2CCC)c(Cl)c1. The van der Waals surface area contributed by atoms with Crippen molar-refractivity contribution in [2.75, 3.05) is 19.7 Å². The molecule has 0 fully saturated rings. The number of allylic oxidation sites excluding steroid dienone is 2. The normalized spacial score (nSPS) is 14.9. The zero-order chi connectivity index (χ0) is 25.8. The van der Waals surface area contributed by atoms with E-state index in [0.717, 1.165) is 30.7 Å². The molecule has 5 heteroatoms. The smallest absolute Gasteiger partial charge is 0.224 e. The summed E-state index contributed by atoms with van der Waals surface area (Å²) < 4.78 is 5.90. The van der Waals surface area contributed by atoms with Gasteiger partial charge in [-0.2, -0.15) is 0 Å². The Kier molecular flexibility index (Phi) is 16.2. The van der Waals surface area contributed by atoms with Crippen LogP contribution in [0.15, 0.2) is 42.6 Å². The fraction of sp³-hybridized carbons (Fsp3) is 0.645. The second kappa shape index (κ2) is 19.2. The Bertz CT molecular complexity index is 793. The molecule has 0 bridgehead atoms. The Labute approximate surface area is 225 Å². The maximum Gasteiger partial charge on any atom is 0.224 e. The number of nitrogens with one attached hydrogen (secondary N) is 1. The van der Waals surface area contributed by atoms with E-state index in [-0.39, 0.29) is 18.4 Å². The van der Waals surface area contributed by atoms with Gasteiger partial charge in [0.1, 0.15) is 5.75 Å². The Morgan fingerprint density at radius 3 is 2.22 bits per heavy atom. The summed E-state index contributed by atoms with van der Waals surface area (Å²) in [6.07, 6.45) is 25.7. The van der Waals surface area contributed by atoms with Gasteiger partial charge in [0.05, 0.1) is 19.1 Å². The monoisotopic (exact) mass is 516 g/mol. The van der Waals surface area contributed by atoms with Crippen LogP contribution in [-0.2, 0) is 11.2 Å². The second-order valence-corrected chi connectivity index (χ2v) is 10.4. The second-order valence-electron chi connectivity index (χ2n) is 10.0. The molecule has 4 nitrogen and oxygen atoms in total. The van der Waals surface area contributed by atoms with Crippen molar-refractivity contribution in [3.05, 3.63) is 53.2 Å². The van der Waals surface area contributed by atoms with E-state index in [9.17, 15) is 4.79 Å². The Morgan fingerprint density at radius 1 is 0.917 bits per heavy atom. The minimum Gasteiger partial charge on any atom is -0.494 e. The van der Waals surface area contributed by atoms with Gasteiger partial charge in [0, 0.05) is 18.1 Å². The number of carbonyl (C=O) groups is 1. The minimum atomic E-state index is -0.0125. The average molecular weight is 517 g/mol. The van der Waals surface area contributed by atoms with Crippen molar-refractivity contribution < 1.29 is 9.53 Å². The Hall–Kier alpha value is -1.94. The fourth-order valence-corrected chi connectivity index (χ4v) is 4.84. The van der Waals surface area contributed by atoms with E-state index in [4.69, 9.17) is 16.3 Å². The third-order valence-corrected chi connectivity index (χ3v) is 7.13. The maximum absolute atomic E-state index is 12.5. The lowest BCUT2D eigenvalue weighted by Gasteiger charge is -2.30. The molecule has 0 saturated carbocycles. The standard InChI is InChI=1S/C31H49ClN2O2/c1-3-5-6-7-8-9-10-11-12-13-14-17-23-36-29-20-19-27(30(32)25-29)24-31(35)33-26-28-18-15-16-22-34(28)21-4-2/h15-16,18-20,22,25,28H,3-14,17,21,23-24,26H2,1-2H3,(H,33,35). The van der Waals surface area contributed by atoms with Crippen LogP contribution in [-0.4, -0.2) is 36.5 Å². The van der Waals surface area contributed by atoms with E-state index in [0.29, 0.717) is 18.2 Å². The predicted molar refractivity (Wildman–Crippen MR) is 154 cm³/mol. The fourth-order valence-electron chi connectivity index (χ4n) is 4.61. The number of hydrogen-bond acceptors (Lipinski definition) is 3. The lowest BCUT2D eigenvalue weighted by molar-refractivity contribution is -0.120. The number of hydrogen-bond donors (Lipinski definition) is 1. The number of amides is 1. The van der Waals surface area contributed by atoms with E-state index >= 15 is 0 Å². The molecule has 1 aromatic rings. The van der Waals surface area contributed by atoms with Crippen molar-refractivity contribution >= 4 is 17.5 Å². The van der Waals surface area contributed by atoms with Gasteiger partial charge in [-0.25, -0.2) is 0 Å². The molecular formula is C31H49ClN2O2. The summed E-state index contributed by atoms with van der Waals surface area (Å²) in [6.45, 7) is 6.72. The van der Waals surface area contributed by atoms with Gasteiger partial charge in [-0.15, -0.1) is 0 Å². The lowest BCUT2D eigenvalue weighted by atomic mass is 10.1. The summed E-state index contributed by atoms with van der Waals surface area (Å²) in [4.78, 5) is 14.8. The summed E-state index contributed by atoms with van der Waals surface area (Å²) in [5.41, 5.74) is 0.830. The van der Waals surface area contributed by atoms with E-state index in [1.165, 1.54) is 70.6 Å². The third-order valence-electron chi connectivity index (χ3n) is 6.78. The molecule has 36 heavy (non-hydrogen) atoms. The van der Waals surface area contributed by atoms with Crippen molar-refractivity contribution in [2.24, 2.45) is 0 Å². The first-order chi connectivity index (χ1) is 17.6. The largest absolute Gasteiger partial charge is 0.494 e. The number of rotatable bonds is 20. The number of halogens is 1. The van der Waals surface area contributed by atoms with Crippen LogP contribution >= 0.6 is 11.6 Å². The highest BCUT2D eigenvalue weighted by molar-refractivity contribution is 6.31. The van der Waals surface area contributed by atoms with E-state index in [2.05, 4.69) is 36.3 Å². The number of ether oxygens (including phenoxy) is 1. The molecule has 0 spiro atoms. The quantitative estimate of drug-likeness (QED) is 0.177. The maximum atomic E-state index is 12.5. The van der Waals surface area contributed by atoms with Gasteiger partial charge in [0.15, 0.2) is 0 Å². The number of carbonyl (C=O) groups excluding carboxylic acids is 1. The van der Waals surface area contributed by atoms with Crippen LogP contribution in [0.2, 0.25) is 5.02 Å². The molecule has 0 aliphatic carbocycles. The highest BCUT2D eigenvalue weighted by Gasteiger charge is 2.15. The van der Waals surface area contributed by atoms with Crippen LogP contribution in [0.4, 0.5) is 0 Å². The van der Waals surface area contributed by atoms with Crippen LogP contribution in [0.1, 0.15) is 103 Å². The highest BCUT2D eigenvalue weighted by Crippen LogP contribution is 2.23. The van der Waals surface area contributed by atoms with Gasteiger partial charge in [-0.1, -0.05) is 114 Å². The average Bonchev–Trinajstić information content (AvgIpc) is 2.88. The molecule has 1 aliphatic rings. The molecule has 1 N–H and O–H groups in total. The number of unbranched alkanes of at least 4 members (excludes halogenated alkanes) is 11. The molecule has 1 heterocycles. The van der Waals surface area contributed by atoms with Crippen molar-refractivity contribution in [1.29, 1.82) is 0 Å². The molecule has 2 rings (SSSR count). The first-order valence-corrected chi connectivity index (χ1v) is 14.8. The van der Waals surface area contributed by atoms with Crippen LogP contribution in [0.25, 0.3) is 0 Å². The van der Waals surface area contributed by atoms with Gasteiger partial charge in [-0.05, 0) is 42.8 Å². The van der Waals surface area contributed by atoms with Crippen LogP contribution in [0.5, 0.6) is 5.75 Å².